The Morgan fingerprint density at radius 2 is 1.63 bits per heavy atom. The van der Waals surface area contributed by atoms with Crippen molar-refractivity contribution in [2.75, 3.05) is 5.32 Å². The summed E-state index contributed by atoms with van der Waals surface area (Å²) in [5, 5.41) is 13.0. The van der Waals surface area contributed by atoms with E-state index < -0.39 is 0 Å². The summed E-state index contributed by atoms with van der Waals surface area (Å²) >= 11 is 10.2. The first-order valence-electron chi connectivity index (χ1n) is 5.64. The van der Waals surface area contributed by atoms with Gasteiger partial charge in [0, 0.05) is 16.7 Å². The lowest BCUT2D eigenvalue weighted by Crippen LogP contribution is -1.99. The molecule has 2 nitrogen and oxygen atoms in total. The molecule has 0 amide bonds. The summed E-state index contributed by atoms with van der Waals surface area (Å²) in [4.78, 5) is 0. The van der Waals surface area contributed by atoms with Crippen molar-refractivity contribution in [2.24, 2.45) is 0 Å². The first-order valence-corrected chi connectivity index (χ1v) is 8.02. The Morgan fingerprint density at radius 3 is 2.21 bits per heavy atom. The molecule has 0 radical (unpaired) electrons. The maximum absolute atomic E-state index is 9.66. The van der Waals surface area contributed by atoms with Gasteiger partial charge in [-0.25, -0.2) is 0 Å². The summed E-state index contributed by atoms with van der Waals surface area (Å²) in [6.07, 6.45) is 0. The van der Waals surface area contributed by atoms with Crippen LogP contribution in [0.1, 0.15) is 11.1 Å². The van der Waals surface area contributed by atoms with Crippen molar-refractivity contribution >= 4 is 53.5 Å². The van der Waals surface area contributed by atoms with E-state index >= 15 is 0 Å². The van der Waals surface area contributed by atoms with E-state index in [4.69, 9.17) is 0 Å². The van der Waals surface area contributed by atoms with Gasteiger partial charge in [-0.05, 0) is 74.2 Å². The highest BCUT2D eigenvalue weighted by molar-refractivity contribution is 9.11. The maximum atomic E-state index is 9.66. The third kappa shape index (κ3) is 3.74. The molecule has 0 unspecified atom stereocenters. The summed E-state index contributed by atoms with van der Waals surface area (Å²) in [5.74, 6) is 0.224. The van der Waals surface area contributed by atoms with E-state index in [9.17, 15) is 5.11 Å². The molecule has 2 aromatic rings. The first-order chi connectivity index (χ1) is 8.97. The van der Waals surface area contributed by atoms with Gasteiger partial charge in [-0.2, -0.15) is 0 Å². The van der Waals surface area contributed by atoms with Gasteiger partial charge in [-0.3, -0.25) is 0 Å². The fourth-order valence-electron chi connectivity index (χ4n) is 1.63. The van der Waals surface area contributed by atoms with Crippen LogP contribution in [0.15, 0.2) is 43.7 Å². The molecule has 0 aliphatic heterocycles. The van der Waals surface area contributed by atoms with E-state index in [0.717, 1.165) is 15.7 Å². The first kappa shape index (κ1) is 14.9. The Morgan fingerprint density at radius 1 is 1.00 bits per heavy atom. The number of benzene rings is 2. The van der Waals surface area contributed by atoms with Gasteiger partial charge in [0.1, 0.15) is 5.75 Å². The smallest absolute Gasteiger partial charge is 0.143 e. The number of hydrogen-bond donors (Lipinski definition) is 2. The van der Waals surface area contributed by atoms with Crippen LogP contribution in [0.3, 0.4) is 0 Å². The van der Waals surface area contributed by atoms with Crippen LogP contribution in [-0.4, -0.2) is 5.11 Å². The average Bonchev–Trinajstić information content (AvgIpc) is 2.37. The zero-order chi connectivity index (χ0) is 14.0. The zero-order valence-corrected chi connectivity index (χ0v) is 14.9. The molecular weight excluding hydrogens is 438 g/mol. The van der Waals surface area contributed by atoms with Crippen LogP contribution in [0, 0.1) is 6.92 Å². The minimum Gasteiger partial charge on any atom is -0.506 e. The SMILES string of the molecule is Cc1ccc(NCc2cc(Br)c(O)c(Br)c2)cc1Br. The van der Waals surface area contributed by atoms with Crippen molar-refractivity contribution in [3.05, 3.63) is 54.9 Å². The zero-order valence-electron chi connectivity index (χ0n) is 10.2. The second kappa shape index (κ2) is 6.29. The molecular formula is C14H12Br3NO. The maximum Gasteiger partial charge on any atom is 0.143 e. The van der Waals surface area contributed by atoms with Crippen molar-refractivity contribution in [1.29, 1.82) is 0 Å². The molecule has 19 heavy (non-hydrogen) atoms. The van der Waals surface area contributed by atoms with E-state index in [-0.39, 0.29) is 5.75 Å². The van der Waals surface area contributed by atoms with E-state index in [1.54, 1.807) is 0 Å². The number of aromatic hydroxyl groups is 1. The van der Waals surface area contributed by atoms with Gasteiger partial charge in [0.15, 0.2) is 0 Å². The molecule has 0 spiro atoms. The Bertz CT molecular complexity index is 591. The lowest BCUT2D eigenvalue weighted by atomic mass is 10.2. The van der Waals surface area contributed by atoms with Crippen molar-refractivity contribution < 1.29 is 5.11 Å². The van der Waals surface area contributed by atoms with Crippen LogP contribution < -0.4 is 5.32 Å². The lowest BCUT2D eigenvalue weighted by molar-refractivity contribution is 0.468. The molecule has 0 atom stereocenters. The number of rotatable bonds is 3. The highest BCUT2D eigenvalue weighted by atomic mass is 79.9. The molecule has 0 saturated heterocycles. The van der Waals surface area contributed by atoms with Crippen molar-refractivity contribution in [3.63, 3.8) is 0 Å². The molecule has 100 valence electrons. The minimum atomic E-state index is 0.224. The van der Waals surface area contributed by atoms with E-state index in [2.05, 4.69) is 72.2 Å². The predicted molar refractivity (Wildman–Crippen MR) is 89.7 cm³/mol. The van der Waals surface area contributed by atoms with Crippen LogP contribution in [0.2, 0.25) is 0 Å². The molecule has 2 aromatic carbocycles. The Labute approximate surface area is 137 Å². The van der Waals surface area contributed by atoms with Crippen LogP contribution in [0.5, 0.6) is 5.75 Å². The fraction of sp³-hybridized carbons (Fsp3) is 0.143. The number of hydrogen-bond acceptors (Lipinski definition) is 2. The normalized spacial score (nSPS) is 10.5. The third-order valence-electron chi connectivity index (χ3n) is 2.75. The fourth-order valence-corrected chi connectivity index (χ4v) is 3.29. The molecule has 0 aromatic heterocycles. The molecule has 0 saturated carbocycles. The number of phenolic OH excluding ortho intramolecular Hbond substituents is 1. The summed E-state index contributed by atoms with van der Waals surface area (Å²) in [7, 11) is 0. The van der Waals surface area contributed by atoms with E-state index in [1.165, 1.54) is 5.56 Å². The average molecular weight is 450 g/mol. The van der Waals surface area contributed by atoms with Crippen LogP contribution in [0.4, 0.5) is 5.69 Å². The number of nitrogens with one attached hydrogen (secondary N) is 1. The monoisotopic (exact) mass is 447 g/mol. The molecule has 2 rings (SSSR count). The number of phenols is 1. The van der Waals surface area contributed by atoms with Crippen LogP contribution in [-0.2, 0) is 6.54 Å². The molecule has 0 fully saturated rings. The summed E-state index contributed by atoms with van der Waals surface area (Å²) in [6.45, 7) is 2.75. The van der Waals surface area contributed by atoms with Crippen LogP contribution in [0.25, 0.3) is 0 Å². The van der Waals surface area contributed by atoms with Crippen molar-refractivity contribution in [2.45, 2.75) is 13.5 Å². The van der Waals surface area contributed by atoms with Gasteiger partial charge in [0.05, 0.1) is 8.95 Å². The van der Waals surface area contributed by atoms with Crippen LogP contribution >= 0.6 is 47.8 Å². The molecule has 0 bridgehead atoms. The van der Waals surface area contributed by atoms with Crippen molar-refractivity contribution in [3.8, 4) is 5.75 Å². The van der Waals surface area contributed by atoms with Gasteiger partial charge in [0.25, 0.3) is 0 Å². The predicted octanol–water partition coefficient (Wildman–Crippen LogP) is 5.60. The number of aryl methyl sites for hydroxylation is 1. The second-order valence-corrected chi connectivity index (χ2v) is 6.79. The third-order valence-corrected chi connectivity index (χ3v) is 4.81. The largest absolute Gasteiger partial charge is 0.506 e. The highest BCUT2D eigenvalue weighted by Gasteiger charge is 2.06. The Hall–Kier alpha value is -0.520. The number of halogens is 3. The second-order valence-electron chi connectivity index (χ2n) is 4.23. The standard InChI is InChI=1S/C14H12Br3NO/c1-8-2-3-10(6-11(8)15)18-7-9-4-12(16)14(19)13(17)5-9/h2-6,18-19H,7H2,1H3. The summed E-state index contributed by atoms with van der Waals surface area (Å²) in [6, 6.07) is 9.96. The van der Waals surface area contributed by atoms with Gasteiger partial charge < -0.3 is 10.4 Å². The molecule has 5 heteroatoms. The molecule has 2 N–H and O–H groups in total. The van der Waals surface area contributed by atoms with E-state index in [0.29, 0.717) is 15.5 Å². The van der Waals surface area contributed by atoms with Crippen molar-refractivity contribution in [1.82, 2.24) is 0 Å². The lowest BCUT2D eigenvalue weighted by Gasteiger charge is -2.10. The molecule has 0 heterocycles. The Kier molecular flexibility index (Phi) is 4.92. The Balaban J connectivity index is 2.12. The van der Waals surface area contributed by atoms with Gasteiger partial charge in [-0.15, -0.1) is 0 Å². The van der Waals surface area contributed by atoms with Gasteiger partial charge in [0.2, 0.25) is 0 Å². The highest BCUT2D eigenvalue weighted by Crippen LogP contribution is 2.33. The van der Waals surface area contributed by atoms with E-state index in [1.807, 2.05) is 18.2 Å². The quantitative estimate of drug-likeness (QED) is 0.639. The number of anilines is 1. The van der Waals surface area contributed by atoms with Gasteiger partial charge >= 0.3 is 0 Å². The molecule has 0 aliphatic rings. The summed E-state index contributed by atoms with van der Waals surface area (Å²) in [5.41, 5.74) is 3.34. The minimum absolute atomic E-state index is 0.224. The topological polar surface area (TPSA) is 32.3 Å². The summed E-state index contributed by atoms with van der Waals surface area (Å²) < 4.78 is 2.46. The molecule has 0 aliphatic carbocycles. The van der Waals surface area contributed by atoms with Gasteiger partial charge in [-0.1, -0.05) is 22.0 Å².